The van der Waals surface area contributed by atoms with Crippen molar-refractivity contribution in [2.75, 3.05) is 0 Å². The molecular formula is C15H16BN3O6S. The summed E-state index contributed by atoms with van der Waals surface area (Å²) < 4.78 is 28.6. The van der Waals surface area contributed by atoms with Crippen LogP contribution in [-0.2, 0) is 37.3 Å². The number of carboxylic acids is 1. The number of aromatic carboxylic acids is 1. The predicted octanol–water partition coefficient (Wildman–Crippen LogP) is 0.497. The van der Waals surface area contributed by atoms with Crippen molar-refractivity contribution in [1.29, 1.82) is 0 Å². The largest absolute Gasteiger partial charge is 0.535 e. The molecule has 2 aromatic rings. The zero-order valence-corrected chi connectivity index (χ0v) is 14.5. The van der Waals surface area contributed by atoms with Gasteiger partial charge in [0.1, 0.15) is 11.3 Å². The molecule has 0 amide bonds. The van der Waals surface area contributed by atoms with Crippen molar-refractivity contribution in [1.82, 2.24) is 14.1 Å². The van der Waals surface area contributed by atoms with E-state index in [-0.39, 0.29) is 24.4 Å². The molecule has 136 valence electrons. The molecule has 0 saturated carbocycles. The maximum absolute atomic E-state index is 11.8. The number of rotatable bonds is 4. The molecule has 1 aromatic heterocycles. The van der Waals surface area contributed by atoms with Gasteiger partial charge in [-0.05, 0) is 23.9 Å². The zero-order valence-electron chi connectivity index (χ0n) is 13.7. The summed E-state index contributed by atoms with van der Waals surface area (Å²) in [5.41, 5.74) is 2.87. The van der Waals surface area contributed by atoms with Gasteiger partial charge in [0.25, 0.3) is 0 Å². The van der Waals surface area contributed by atoms with E-state index in [1.54, 1.807) is 16.9 Å². The van der Waals surface area contributed by atoms with Gasteiger partial charge in [-0.25, -0.2) is 9.00 Å². The van der Waals surface area contributed by atoms with Gasteiger partial charge in [-0.1, -0.05) is 12.1 Å². The van der Waals surface area contributed by atoms with Gasteiger partial charge in [0.15, 0.2) is 0 Å². The summed E-state index contributed by atoms with van der Waals surface area (Å²) in [7, 11) is -1.00. The second kappa shape index (κ2) is 6.51. The van der Waals surface area contributed by atoms with Crippen molar-refractivity contribution in [3.8, 4) is 5.75 Å². The molecule has 26 heavy (non-hydrogen) atoms. The molecule has 2 aliphatic rings. The number of hydrogen-bond donors (Lipinski definition) is 3. The lowest BCUT2D eigenvalue weighted by atomic mass is 9.78. The summed E-state index contributed by atoms with van der Waals surface area (Å²) in [6, 6.07) is 3.56. The van der Waals surface area contributed by atoms with Crippen molar-refractivity contribution < 1.29 is 28.3 Å². The summed E-state index contributed by atoms with van der Waals surface area (Å²) in [4.78, 5) is 11.8. The van der Waals surface area contributed by atoms with Crippen LogP contribution in [0.4, 0.5) is 0 Å². The maximum Gasteiger partial charge on any atom is 0.522 e. The highest BCUT2D eigenvalue weighted by Gasteiger charge is 2.30. The average molecular weight is 377 g/mol. The summed E-state index contributed by atoms with van der Waals surface area (Å²) in [5, 5.41) is 23.7. The first-order valence-electron chi connectivity index (χ1n) is 8.06. The minimum Gasteiger partial charge on any atom is -0.535 e. The number of benzene rings is 1. The number of aryl methyl sites for hydroxylation is 1. The van der Waals surface area contributed by atoms with Crippen molar-refractivity contribution >= 4 is 24.4 Å². The van der Waals surface area contributed by atoms with Crippen LogP contribution in [0.2, 0.25) is 6.32 Å². The normalized spacial score (nSPS) is 17.5. The van der Waals surface area contributed by atoms with Crippen molar-refractivity contribution in [2.45, 2.75) is 32.4 Å². The van der Waals surface area contributed by atoms with E-state index in [0.717, 1.165) is 11.1 Å². The Bertz CT molecular complexity index is 894. The molecule has 1 aromatic carbocycles. The standard InChI is InChI=1S/C15H16BN3O6S/c20-15(21)13-10(2-1-9-3-4-16(22)25-14(9)13)5-18-6-11-7-19(26(23)24)8-12(11)17-18/h1-2,6,22H,3-5,7-8H2,(H,20,21)(H,23,24). The smallest absolute Gasteiger partial charge is 0.522 e. The van der Waals surface area contributed by atoms with Crippen LogP contribution in [0.25, 0.3) is 0 Å². The van der Waals surface area contributed by atoms with Gasteiger partial charge < -0.3 is 14.8 Å². The van der Waals surface area contributed by atoms with Crippen LogP contribution < -0.4 is 4.65 Å². The first-order valence-corrected chi connectivity index (χ1v) is 9.12. The van der Waals surface area contributed by atoms with Crippen LogP contribution in [0.5, 0.6) is 5.75 Å². The van der Waals surface area contributed by atoms with Crippen LogP contribution >= 0.6 is 0 Å². The molecule has 0 bridgehead atoms. The Morgan fingerprint density at radius 3 is 2.85 bits per heavy atom. The van der Waals surface area contributed by atoms with Crippen molar-refractivity contribution in [2.24, 2.45) is 0 Å². The lowest BCUT2D eigenvalue weighted by molar-refractivity contribution is 0.0693. The van der Waals surface area contributed by atoms with Gasteiger partial charge >= 0.3 is 13.1 Å². The van der Waals surface area contributed by atoms with E-state index in [4.69, 9.17) is 9.21 Å². The molecule has 1 unspecified atom stereocenters. The second-order valence-corrected chi connectivity index (χ2v) is 7.31. The molecule has 3 N–H and O–H groups in total. The molecule has 0 radical (unpaired) electrons. The third kappa shape index (κ3) is 3.03. The summed E-state index contributed by atoms with van der Waals surface area (Å²) in [5.74, 6) is -0.900. The zero-order chi connectivity index (χ0) is 18.4. The Hall–Kier alpha value is -2.21. The molecule has 1 atom stereocenters. The number of carboxylic acid groups (broad SMARTS) is 1. The molecule has 3 heterocycles. The summed E-state index contributed by atoms with van der Waals surface area (Å²) in [6.45, 7) is 0.823. The molecular weight excluding hydrogens is 361 g/mol. The van der Waals surface area contributed by atoms with Crippen LogP contribution in [0, 0.1) is 0 Å². The van der Waals surface area contributed by atoms with Crippen molar-refractivity contribution in [3.63, 3.8) is 0 Å². The molecule has 2 aliphatic heterocycles. The van der Waals surface area contributed by atoms with Crippen LogP contribution in [0.3, 0.4) is 0 Å². The third-order valence-electron chi connectivity index (χ3n) is 4.60. The molecule has 0 spiro atoms. The minimum absolute atomic E-state index is 0.0370. The Morgan fingerprint density at radius 1 is 1.35 bits per heavy atom. The lowest BCUT2D eigenvalue weighted by Gasteiger charge is -2.23. The van der Waals surface area contributed by atoms with Gasteiger partial charge in [-0.2, -0.15) is 9.40 Å². The van der Waals surface area contributed by atoms with E-state index < -0.39 is 24.4 Å². The van der Waals surface area contributed by atoms with E-state index in [1.807, 2.05) is 6.07 Å². The first kappa shape index (κ1) is 17.2. The highest BCUT2D eigenvalue weighted by atomic mass is 32.2. The Balaban J connectivity index is 1.64. The fourth-order valence-corrected chi connectivity index (χ4v) is 3.87. The SMILES string of the molecule is O=C(O)c1c(Cn2cc3c(n2)CN(S(=O)O)C3)ccc2c1OB(O)CC2. The molecule has 11 heteroatoms. The molecule has 0 saturated heterocycles. The monoisotopic (exact) mass is 377 g/mol. The summed E-state index contributed by atoms with van der Waals surface area (Å²) >= 11 is -2.04. The topological polar surface area (TPSA) is 125 Å². The molecule has 0 aliphatic carbocycles. The number of nitrogens with zero attached hydrogens (tertiary/aromatic N) is 3. The fraction of sp³-hybridized carbons (Fsp3) is 0.333. The maximum atomic E-state index is 11.8. The highest BCUT2D eigenvalue weighted by molar-refractivity contribution is 7.76. The molecule has 0 fully saturated rings. The van der Waals surface area contributed by atoms with E-state index in [0.29, 0.717) is 30.5 Å². The Kier molecular flexibility index (Phi) is 4.31. The quantitative estimate of drug-likeness (QED) is 0.523. The van der Waals surface area contributed by atoms with E-state index >= 15 is 0 Å². The van der Waals surface area contributed by atoms with Gasteiger partial charge in [-0.15, -0.1) is 0 Å². The van der Waals surface area contributed by atoms with Gasteiger partial charge in [0.05, 0.1) is 18.8 Å². The van der Waals surface area contributed by atoms with E-state index in [1.165, 1.54) is 4.31 Å². The van der Waals surface area contributed by atoms with Gasteiger partial charge in [0, 0.05) is 18.3 Å². The van der Waals surface area contributed by atoms with Crippen LogP contribution in [-0.4, -0.2) is 46.1 Å². The van der Waals surface area contributed by atoms with Gasteiger partial charge in [-0.3, -0.25) is 9.23 Å². The number of hydrogen-bond acceptors (Lipinski definition) is 5. The van der Waals surface area contributed by atoms with Crippen molar-refractivity contribution in [3.05, 3.63) is 46.3 Å². The Labute approximate surface area is 151 Å². The predicted molar refractivity (Wildman–Crippen MR) is 91.9 cm³/mol. The van der Waals surface area contributed by atoms with E-state index in [9.17, 15) is 19.1 Å². The summed E-state index contributed by atoms with van der Waals surface area (Å²) in [6.07, 6.45) is 2.74. The first-order chi connectivity index (χ1) is 12.4. The van der Waals surface area contributed by atoms with Crippen LogP contribution in [0.1, 0.15) is 32.7 Å². The average Bonchev–Trinajstić information content (AvgIpc) is 3.12. The second-order valence-electron chi connectivity index (χ2n) is 6.33. The number of aromatic nitrogens is 2. The molecule has 4 rings (SSSR count). The third-order valence-corrected chi connectivity index (χ3v) is 5.30. The Morgan fingerprint density at radius 2 is 2.15 bits per heavy atom. The number of carbonyl (C=O) groups is 1. The van der Waals surface area contributed by atoms with E-state index in [2.05, 4.69) is 5.10 Å². The lowest BCUT2D eigenvalue weighted by Crippen LogP contribution is -2.28. The molecule has 9 nitrogen and oxygen atoms in total. The minimum atomic E-state index is -2.04. The van der Waals surface area contributed by atoms with Crippen LogP contribution in [0.15, 0.2) is 18.3 Å². The fourth-order valence-electron chi connectivity index (χ4n) is 3.38. The van der Waals surface area contributed by atoms with Gasteiger partial charge in [0.2, 0.25) is 11.3 Å². The number of fused-ring (bicyclic) bond motifs is 2. The highest BCUT2D eigenvalue weighted by Crippen LogP contribution is 2.33.